The van der Waals surface area contributed by atoms with Crippen molar-refractivity contribution >= 4 is 34.1 Å². The van der Waals surface area contributed by atoms with Crippen LogP contribution in [0, 0.1) is 0 Å². The molecule has 0 aliphatic carbocycles. The van der Waals surface area contributed by atoms with Crippen molar-refractivity contribution in [2.45, 2.75) is 24.9 Å². The van der Waals surface area contributed by atoms with Crippen LogP contribution in [0.4, 0.5) is 5.13 Å². The Morgan fingerprint density at radius 3 is 2.80 bits per heavy atom. The first-order chi connectivity index (χ1) is 12.2. The summed E-state index contributed by atoms with van der Waals surface area (Å²) in [6.45, 7) is 2.17. The van der Waals surface area contributed by atoms with E-state index in [0.29, 0.717) is 10.3 Å². The van der Waals surface area contributed by atoms with Crippen molar-refractivity contribution < 1.29 is 4.79 Å². The minimum absolute atomic E-state index is 0.104. The van der Waals surface area contributed by atoms with Gasteiger partial charge in [0.25, 0.3) is 0 Å². The molecule has 25 heavy (non-hydrogen) atoms. The number of thiazole rings is 1. The van der Waals surface area contributed by atoms with E-state index >= 15 is 0 Å². The number of nitrogens with zero attached hydrogens (tertiary/aromatic N) is 4. The molecule has 1 amide bonds. The second kappa shape index (κ2) is 8.26. The highest BCUT2D eigenvalue weighted by Crippen LogP contribution is 2.25. The number of aryl methyl sites for hydroxylation is 2. The fourth-order valence-corrected chi connectivity index (χ4v) is 3.71. The molecular weight excluding hydrogens is 354 g/mol. The van der Waals surface area contributed by atoms with Crippen molar-refractivity contribution in [1.29, 1.82) is 0 Å². The van der Waals surface area contributed by atoms with Crippen LogP contribution in [-0.4, -0.2) is 31.4 Å². The zero-order valence-corrected chi connectivity index (χ0v) is 15.7. The highest BCUT2D eigenvalue weighted by molar-refractivity contribution is 7.99. The van der Waals surface area contributed by atoms with Crippen LogP contribution < -0.4 is 5.32 Å². The highest BCUT2D eigenvalue weighted by Gasteiger charge is 2.10. The SMILES string of the molecule is CCCc1ccc(-c2csc(NC(=O)CSc3nncn3C)n2)cc1. The van der Waals surface area contributed by atoms with E-state index in [4.69, 9.17) is 0 Å². The van der Waals surface area contributed by atoms with Crippen LogP contribution in [0.2, 0.25) is 0 Å². The molecule has 0 aliphatic heterocycles. The van der Waals surface area contributed by atoms with Gasteiger partial charge in [0.2, 0.25) is 5.91 Å². The number of benzene rings is 1. The molecule has 1 N–H and O–H groups in total. The Kier molecular flexibility index (Phi) is 5.83. The minimum Gasteiger partial charge on any atom is -0.312 e. The van der Waals surface area contributed by atoms with Crippen molar-refractivity contribution in [3.8, 4) is 11.3 Å². The monoisotopic (exact) mass is 373 g/mol. The van der Waals surface area contributed by atoms with E-state index in [1.54, 1.807) is 10.9 Å². The van der Waals surface area contributed by atoms with Crippen LogP contribution in [0.5, 0.6) is 0 Å². The summed E-state index contributed by atoms with van der Waals surface area (Å²) in [4.78, 5) is 16.6. The summed E-state index contributed by atoms with van der Waals surface area (Å²) in [6.07, 6.45) is 3.83. The van der Waals surface area contributed by atoms with Gasteiger partial charge in [-0.3, -0.25) is 4.79 Å². The lowest BCUT2D eigenvalue weighted by molar-refractivity contribution is -0.113. The van der Waals surface area contributed by atoms with E-state index < -0.39 is 0 Å². The number of rotatable bonds is 7. The summed E-state index contributed by atoms with van der Waals surface area (Å²) in [5.41, 5.74) is 3.27. The number of thioether (sulfide) groups is 1. The van der Waals surface area contributed by atoms with Gasteiger partial charge in [0, 0.05) is 18.0 Å². The third kappa shape index (κ3) is 4.67. The van der Waals surface area contributed by atoms with Crippen molar-refractivity contribution in [3.63, 3.8) is 0 Å². The van der Waals surface area contributed by atoms with E-state index in [1.165, 1.54) is 28.7 Å². The van der Waals surface area contributed by atoms with Crippen molar-refractivity contribution in [3.05, 3.63) is 41.5 Å². The molecule has 3 rings (SSSR count). The van der Waals surface area contributed by atoms with Crippen LogP contribution in [0.1, 0.15) is 18.9 Å². The van der Waals surface area contributed by atoms with Gasteiger partial charge in [-0.05, 0) is 12.0 Å². The molecule has 130 valence electrons. The van der Waals surface area contributed by atoms with E-state index in [1.807, 2.05) is 12.4 Å². The standard InChI is InChI=1S/C17H19N5OS2/c1-3-4-12-5-7-13(8-6-12)14-9-24-16(19-14)20-15(23)10-25-17-21-18-11-22(17)2/h5-9,11H,3-4,10H2,1-2H3,(H,19,20,23). The maximum atomic E-state index is 12.1. The maximum absolute atomic E-state index is 12.1. The molecule has 0 unspecified atom stereocenters. The molecule has 0 radical (unpaired) electrons. The number of nitrogens with one attached hydrogen (secondary N) is 1. The molecule has 0 bridgehead atoms. The number of carbonyl (C=O) groups excluding carboxylic acids is 1. The molecule has 0 fully saturated rings. The molecular formula is C17H19N5OS2. The molecule has 0 spiro atoms. The summed E-state index contributed by atoms with van der Waals surface area (Å²) in [5, 5.41) is 13.8. The second-order valence-electron chi connectivity index (χ2n) is 5.55. The fourth-order valence-electron chi connectivity index (χ4n) is 2.28. The molecule has 8 heteroatoms. The van der Waals surface area contributed by atoms with E-state index in [-0.39, 0.29) is 11.7 Å². The quantitative estimate of drug-likeness (QED) is 0.640. The Balaban J connectivity index is 1.57. The zero-order chi connectivity index (χ0) is 17.6. The summed E-state index contributed by atoms with van der Waals surface area (Å²) in [6, 6.07) is 8.42. The number of carbonyl (C=O) groups is 1. The lowest BCUT2D eigenvalue weighted by Crippen LogP contribution is -2.14. The first-order valence-electron chi connectivity index (χ1n) is 7.97. The molecule has 0 atom stereocenters. The number of hydrogen-bond donors (Lipinski definition) is 1. The predicted molar refractivity (Wildman–Crippen MR) is 102 cm³/mol. The first-order valence-corrected chi connectivity index (χ1v) is 9.83. The van der Waals surface area contributed by atoms with Gasteiger partial charge in [-0.25, -0.2) is 4.98 Å². The Bertz CT molecular complexity index is 841. The van der Waals surface area contributed by atoms with Crippen molar-refractivity contribution in [1.82, 2.24) is 19.7 Å². The highest BCUT2D eigenvalue weighted by atomic mass is 32.2. The van der Waals surface area contributed by atoms with Gasteiger partial charge < -0.3 is 9.88 Å². The first kappa shape index (κ1) is 17.6. The third-order valence-electron chi connectivity index (χ3n) is 3.54. The topological polar surface area (TPSA) is 72.7 Å². The Labute approximate surface area is 154 Å². The van der Waals surface area contributed by atoms with Gasteiger partial charge in [0.05, 0.1) is 11.4 Å². The number of amides is 1. The molecule has 2 heterocycles. The van der Waals surface area contributed by atoms with Gasteiger partial charge in [-0.15, -0.1) is 21.5 Å². The zero-order valence-electron chi connectivity index (χ0n) is 14.1. The van der Waals surface area contributed by atoms with Gasteiger partial charge in [-0.1, -0.05) is 49.4 Å². The summed E-state index contributed by atoms with van der Waals surface area (Å²) in [7, 11) is 1.85. The maximum Gasteiger partial charge on any atom is 0.236 e. The van der Waals surface area contributed by atoms with Crippen LogP contribution in [-0.2, 0) is 18.3 Å². The summed E-state index contributed by atoms with van der Waals surface area (Å²) in [5.74, 6) is 0.167. The van der Waals surface area contributed by atoms with E-state index in [0.717, 1.165) is 24.1 Å². The van der Waals surface area contributed by atoms with Crippen LogP contribution in [0.3, 0.4) is 0 Å². The molecule has 1 aromatic carbocycles. The van der Waals surface area contributed by atoms with Crippen molar-refractivity contribution in [2.75, 3.05) is 11.1 Å². The predicted octanol–water partition coefficient (Wildman–Crippen LogP) is 3.62. The molecule has 3 aromatic rings. The van der Waals surface area contributed by atoms with E-state index in [9.17, 15) is 4.79 Å². The Morgan fingerprint density at radius 1 is 1.32 bits per heavy atom. The van der Waals surface area contributed by atoms with Crippen molar-refractivity contribution in [2.24, 2.45) is 7.05 Å². The van der Waals surface area contributed by atoms with Gasteiger partial charge in [-0.2, -0.15) is 0 Å². The number of hydrogen-bond acceptors (Lipinski definition) is 6. The smallest absolute Gasteiger partial charge is 0.236 e. The Hall–Kier alpha value is -2.19. The molecule has 0 aliphatic rings. The molecule has 0 saturated heterocycles. The van der Waals surface area contributed by atoms with Gasteiger partial charge in [0.1, 0.15) is 6.33 Å². The fraction of sp³-hybridized carbons (Fsp3) is 0.294. The van der Waals surface area contributed by atoms with Gasteiger partial charge in [0.15, 0.2) is 10.3 Å². The molecule has 6 nitrogen and oxygen atoms in total. The number of aromatic nitrogens is 4. The van der Waals surface area contributed by atoms with Crippen LogP contribution in [0.15, 0.2) is 41.1 Å². The molecule has 0 saturated carbocycles. The third-order valence-corrected chi connectivity index (χ3v) is 5.33. The number of anilines is 1. The normalized spacial score (nSPS) is 10.8. The Morgan fingerprint density at radius 2 is 2.12 bits per heavy atom. The summed E-state index contributed by atoms with van der Waals surface area (Å²) < 4.78 is 1.78. The lowest BCUT2D eigenvalue weighted by Gasteiger charge is -2.02. The van der Waals surface area contributed by atoms with Crippen LogP contribution in [0.25, 0.3) is 11.3 Å². The lowest BCUT2D eigenvalue weighted by atomic mass is 10.1. The average Bonchev–Trinajstić information content (AvgIpc) is 3.23. The van der Waals surface area contributed by atoms with E-state index in [2.05, 4.69) is 51.7 Å². The van der Waals surface area contributed by atoms with Crippen LogP contribution >= 0.6 is 23.1 Å². The molecule has 2 aromatic heterocycles. The summed E-state index contributed by atoms with van der Waals surface area (Å²) >= 11 is 2.77. The second-order valence-corrected chi connectivity index (χ2v) is 7.35. The largest absolute Gasteiger partial charge is 0.312 e. The average molecular weight is 374 g/mol. The van der Waals surface area contributed by atoms with Gasteiger partial charge >= 0.3 is 0 Å². The minimum atomic E-state index is -0.104.